The lowest BCUT2D eigenvalue weighted by Crippen LogP contribution is -2.14. The Morgan fingerprint density at radius 1 is 1.08 bits per heavy atom. The van der Waals surface area contributed by atoms with Gasteiger partial charge in [0.25, 0.3) is 0 Å². The first-order chi connectivity index (χ1) is 6.22. The molecule has 0 fully saturated rings. The molecule has 0 heterocycles. The molecule has 0 amide bonds. The summed E-state index contributed by atoms with van der Waals surface area (Å²) in [5, 5.41) is 8.81. The van der Waals surface area contributed by atoms with E-state index in [2.05, 4.69) is 25.3 Å². The van der Waals surface area contributed by atoms with Crippen LogP contribution >= 0.6 is 25.3 Å². The van der Waals surface area contributed by atoms with Crippen molar-refractivity contribution in [1.82, 2.24) is 0 Å². The molecule has 4 heteroatoms. The van der Waals surface area contributed by atoms with Gasteiger partial charge in [-0.15, -0.1) is 0 Å². The van der Waals surface area contributed by atoms with E-state index < -0.39 is 5.97 Å². The molecular formula is C9H18O2S2. The zero-order valence-electron chi connectivity index (χ0n) is 7.78. The molecular weight excluding hydrogens is 204 g/mol. The topological polar surface area (TPSA) is 37.3 Å². The van der Waals surface area contributed by atoms with E-state index in [1.165, 1.54) is 0 Å². The van der Waals surface area contributed by atoms with Gasteiger partial charge in [0.2, 0.25) is 0 Å². The van der Waals surface area contributed by atoms with Crippen LogP contribution in [0, 0.1) is 5.92 Å². The third-order valence-electron chi connectivity index (χ3n) is 2.04. The maximum absolute atomic E-state index is 10.7. The summed E-state index contributed by atoms with van der Waals surface area (Å²) < 4.78 is 0. The molecule has 0 rings (SSSR count). The number of carboxylic acid groups (broad SMARTS) is 1. The fourth-order valence-corrected chi connectivity index (χ4v) is 1.76. The monoisotopic (exact) mass is 222 g/mol. The van der Waals surface area contributed by atoms with Gasteiger partial charge in [-0.1, -0.05) is 12.8 Å². The standard InChI is InChI=1S/C9H18O2S2/c10-9(11)8(5-7-13)4-2-1-3-6-12/h8,12-13H,1-7H2,(H,10,11). The smallest absolute Gasteiger partial charge is 0.306 e. The van der Waals surface area contributed by atoms with Gasteiger partial charge < -0.3 is 5.11 Å². The Balaban J connectivity index is 3.51. The Hall–Kier alpha value is 0.170. The predicted molar refractivity (Wildman–Crippen MR) is 61.9 cm³/mol. The highest BCUT2D eigenvalue weighted by Crippen LogP contribution is 2.14. The summed E-state index contributed by atoms with van der Waals surface area (Å²) in [7, 11) is 0. The molecule has 13 heavy (non-hydrogen) atoms. The van der Waals surface area contributed by atoms with Crippen molar-refractivity contribution in [1.29, 1.82) is 0 Å². The molecule has 2 nitrogen and oxygen atoms in total. The molecule has 1 unspecified atom stereocenters. The van der Waals surface area contributed by atoms with E-state index in [1.807, 2.05) is 0 Å². The van der Waals surface area contributed by atoms with Crippen molar-refractivity contribution in [2.24, 2.45) is 5.92 Å². The van der Waals surface area contributed by atoms with Crippen LogP contribution in [0.2, 0.25) is 0 Å². The lowest BCUT2D eigenvalue weighted by molar-refractivity contribution is -0.142. The van der Waals surface area contributed by atoms with E-state index in [-0.39, 0.29) is 5.92 Å². The molecule has 0 aliphatic heterocycles. The van der Waals surface area contributed by atoms with E-state index in [0.717, 1.165) is 31.4 Å². The predicted octanol–water partition coefficient (Wildman–Crippen LogP) is 2.50. The molecule has 0 aliphatic rings. The van der Waals surface area contributed by atoms with Crippen LogP contribution in [-0.2, 0) is 4.79 Å². The first-order valence-electron chi connectivity index (χ1n) is 4.67. The fraction of sp³-hybridized carbons (Fsp3) is 0.889. The Morgan fingerprint density at radius 3 is 2.23 bits per heavy atom. The van der Waals surface area contributed by atoms with Crippen molar-refractivity contribution in [2.75, 3.05) is 11.5 Å². The van der Waals surface area contributed by atoms with Crippen LogP contribution in [0.4, 0.5) is 0 Å². The Morgan fingerprint density at radius 2 is 1.77 bits per heavy atom. The van der Waals surface area contributed by atoms with Crippen molar-refractivity contribution in [3.05, 3.63) is 0 Å². The maximum Gasteiger partial charge on any atom is 0.306 e. The van der Waals surface area contributed by atoms with E-state index in [0.29, 0.717) is 12.2 Å². The minimum absolute atomic E-state index is 0.197. The summed E-state index contributed by atoms with van der Waals surface area (Å²) in [5.74, 6) is 0.672. The molecule has 0 radical (unpaired) electrons. The zero-order chi connectivity index (χ0) is 10.1. The summed E-state index contributed by atoms with van der Waals surface area (Å²) in [5.41, 5.74) is 0. The molecule has 0 saturated heterocycles. The summed E-state index contributed by atoms with van der Waals surface area (Å²) >= 11 is 8.14. The second-order valence-electron chi connectivity index (χ2n) is 3.12. The molecule has 0 aliphatic carbocycles. The average molecular weight is 222 g/mol. The van der Waals surface area contributed by atoms with Gasteiger partial charge in [-0.3, -0.25) is 4.79 Å². The van der Waals surface area contributed by atoms with Gasteiger partial charge in [0.1, 0.15) is 0 Å². The van der Waals surface area contributed by atoms with Gasteiger partial charge in [0, 0.05) is 0 Å². The minimum atomic E-state index is -0.681. The summed E-state index contributed by atoms with van der Waals surface area (Å²) in [6.07, 6.45) is 4.62. The van der Waals surface area contributed by atoms with Crippen molar-refractivity contribution >= 4 is 31.2 Å². The lowest BCUT2D eigenvalue weighted by Gasteiger charge is -2.09. The number of rotatable bonds is 8. The van der Waals surface area contributed by atoms with Crippen molar-refractivity contribution < 1.29 is 9.90 Å². The molecule has 0 saturated carbocycles. The van der Waals surface area contributed by atoms with Gasteiger partial charge in [-0.2, -0.15) is 25.3 Å². The Bertz CT molecular complexity index is 140. The van der Waals surface area contributed by atoms with Crippen LogP contribution in [0.1, 0.15) is 32.1 Å². The first kappa shape index (κ1) is 13.2. The normalized spacial score (nSPS) is 12.8. The number of aliphatic carboxylic acids is 1. The highest BCUT2D eigenvalue weighted by molar-refractivity contribution is 7.80. The van der Waals surface area contributed by atoms with E-state index >= 15 is 0 Å². The molecule has 0 aromatic rings. The molecule has 78 valence electrons. The second-order valence-corrected chi connectivity index (χ2v) is 4.01. The first-order valence-corrected chi connectivity index (χ1v) is 5.93. The van der Waals surface area contributed by atoms with Crippen molar-refractivity contribution in [3.8, 4) is 0 Å². The van der Waals surface area contributed by atoms with Gasteiger partial charge in [0.15, 0.2) is 0 Å². The third-order valence-corrected chi connectivity index (χ3v) is 2.61. The van der Waals surface area contributed by atoms with E-state index in [1.54, 1.807) is 0 Å². The number of carboxylic acids is 1. The highest BCUT2D eigenvalue weighted by Gasteiger charge is 2.15. The molecule has 0 aromatic carbocycles. The largest absolute Gasteiger partial charge is 0.481 e. The summed E-state index contributed by atoms with van der Waals surface area (Å²) in [4.78, 5) is 10.7. The van der Waals surface area contributed by atoms with Crippen LogP contribution in [0.3, 0.4) is 0 Å². The Kier molecular flexibility index (Phi) is 8.87. The molecule has 1 N–H and O–H groups in total. The van der Waals surface area contributed by atoms with Crippen LogP contribution in [0.25, 0.3) is 0 Å². The maximum atomic E-state index is 10.7. The molecule has 0 spiro atoms. The quantitative estimate of drug-likeness (QED) is 0.436. The third kappa shape index (κ3) is 7.26. The second kappa shape index (κ2) is 8.75. The van der Waals surface area contributed by atoms with E-state index in [9.17, 15) is 4.79 Å². The number of hydrogen-bond acceptors (Lipinski definition) is 3. The van der Waals surface area contributed by atoms with Crippen LogP contribution in [-0.4, -0.2) is 22.6 Å². The average Bonchev–Trinajstić information content (AvgIpc) is 2.10. The van der Waals surface area contributed by atoms with Crippen LogP contribution in [0.5, 0.6) is 0 Å². The minimum Gasteiger partial charge on any atom is -0.481 e. The summed E-state index contributed by atoms with van der Waals surface area (Å²) in [6.45, 7) is 0. The highest BCUT2D eigenvalue weighted by atomic mass is 32.1. The van der Waals surface area contributed by atoms with Crippen molar-refractivity contribution in [3.63, 3.8) is 0 Å². The number of hydrogen-bond donors (Lipinski definition) is 3. The molecule has 0 bridgehead atoms. The number of thiol groups is 2. The fourth-order valence-electron chi connectivity index (χ4n) is 1.23. The molecule has 0 aromatic heterocycles. The summed E-state index contributed by atoms with van der Waals surface area (Å²) in [6, 6.07) is 0. The lowest BCUT2D eigenvalue weighted by atomic mass is 9.99. The number of unbranched alkanes of at least 4 members (excludes halogenated alkanes) is 2. The van der Waals surface area contributed by atoms with Gasteiger partial charge >= 0.3 is 5.97 Å². The van der Waals surface area contributed by atoms with Crippen LogP contribution < -0.4 is 0 Å². The molecule has 1 atom stereocenters. The van der Waals surface area contributed by atoms with E-state index in [4.69, 9.17) is 5.11 Å². The zero-order valence-corrected chi connectivity index (χ0v) is 9.57. The van der Waals surface area contributed by atoms with Gasteiger partial charge in [0.05, 0.1) is 5.92 Å². The Labute approximate surface area is 90.9 Å². The van der Waals surface area contributed by atoms with Crippen LogP contribution in [0.15, 0.2) is 0 Å². The number of carbonyl (C=O) groups is 1. The van der Waals surface area contributed by atoms with Gasteiger partial charge in [-0.25, -0.2) is 0 Å². The van der Waals surface area contributed by atoms with Crippen molar-refractivity contribution in [2.45, 2.75) is 32.1 Å². The van der Waals surface area contributed by atoms with Gasteiger partial charge in [-0.05, 0) is 30.8 Å². The SMILES string of the molecule is O=C(O)C(CCS)CCCCCS.